The van der Waals surface area contributed by atoms with Crippen LogP contribution in [0.3, 0.4) is 0 Å². The standard InChI is InChI=1S/C16H18ClFO3/c1-2-21-15(20)16(8-4-3-5-14(16)19)10-11-6-7-12(18)9-13(11)17/h6-7,9H,2-5,8,10H2,1H3. The zero-order valence-corrected chi connectivity index (χ0v) is 12.7. The Morgan fingerprint density at radius 2 is 2.19 bits per heavy atom. The molecule has 0 N–H and O–H groups in total. The molecule has 0 spiro atoms. The molecule has 0 bridgehead atoms. The molecular weight excluding hydrogens is 295 g/mol. The van der Waals surface area contributed by atoms with Gasteiger partial charge in [-0.15, -0.1) is 0 Å². The Kier molecular flexibility index (Phi) is 4.99. The minimum Gasteiger partial charge on any atom is -0.465 e. The van der Waals surface area contributed by atoms with Crippen molar-refractivity contribution in [2.24, 2.45) is 5.41 Å². The molecule has 1 aromatic carbocycles. The summed E-state index contributed by atoms with van der Waals surface area (Å²) < 4.78 is 18.2. The number of benzene rings is 1. The first-order chi connectivity index (χ1) is 9.99. The lowest BCUT2D eigenvalue weighted by molar-refractivity contribution is -0.162. The molecule has 0 amide bonds. The molecule has 21 heavy (non-hydrogen) atoms. The van der Waals surface area contributed by atoms with Gasteiger partial charge in [0.15, 0.2) is 5.78 Å². The molecule has 1 aliphatic rings. The van der Waals surface area contributed by atoms with Crippen molar-refractivity contribution in [3.8, 4) is 0 Å². The number of halogens is 2. The van der Waals surface area contributed by atoms with E-state index in [9.17, 15) is 14.0 Å². The van der Waals surface area contributed by atoms with E-state index in [0.717, 1.165) is 12.8 Å². The lowest BCUT2D eigenvalue weighted by Gasteiger charge is -2.33. The molecule has 1 unspecified atom stereocenters. The van der Waals surface area contributed by atoms with Gasteiger partial charge in [0.1, 0.15) is 11.2 Å². The van der Waals surface area contributed by atoms with Gasteiger partial charge in [0.05, 0.1) is 6.61 Å². The van der Waals surface area contributed by atoms with Crippen molar-refractivity contribution < 1.29 is 18.7 Å². The van der Waals surface area contributed by atoms with Crippen molar-refractivity contribution in [1.29, 1.82) is 0 Å². The van der Waals surface area contributed by atoms with Crippen molar-refractivity contribution in [3.63, 3.8) is 0 Å². The zero-order valence-electron chi connectivity index (χ0n) is 12.0. The maximum atomic E-state index is 13.1. The molecule has 0 heterocycles. The first kappa shape index (κ1) is 16.0. The lowest BCUT2D eigenvalue weighted by Crippen LogP contribution is -2.44. The first-order valence-electron chi connectivity index (χ1n) is 7.14. The molecule has 1 saturated carbocycles. The number of esters is 1. The van der Waals surface area contributed by atoms with E-state index in [1.165, 1.54) is 18.2 Å². The SMILES string of the molecule is CCOC(=O)C1(Cc2ccc(F)cc2Cl)CCCCC1=O. The Morgan fingerprint density at radius 3 is 2.81 bits per heavy atom. The fraction of sp³-hybridized carbons (Fsp3) is 0.500. The summed E-state index contributed by atoms with van der Waals surface area (Å²) in [6.07, 6.45) is 2.58. The molecule has 0 aliphatic heterocycles. The summed E-state index contributed by atoms with van der Waals surface area (Å²) in [4.78, 5) is 24.8. The van der Waals surface area contributed by atoms with Crippen LogP contribution >= 0.6 is 11.6 Å². The van der Waals surface area contributed by atoms with E-state index in [1.807, 2.05) is 0 Å². The van der Waals surface area contributed by atoms with Crippen LogP contribution < -0.4 is 0 Å². The fourth-order valence-electron chi connectivity index (χ4n) is 2.83. The third-order valence-electron chi connectivity index (χ3n) is 3.96. The molecule has 114 valence electrons. The molecule has 1 atom stereocenters. The Morgan fingerprint density at radius 1 is 1.43 bits per heavy atom. The van der Waals surface area contributed by atoms with Gasteiger partial charge in [0, 0.05) is 11.4 Å². The fourth-order valence-corrected chi connectivity index (χ4v) is 3.06. The van der Waals surface area contributed by atoms with Crippen LogP contribution in [0, 0.1) is 11.2 Å². The minimum atomic E-state index is -1.17. The molecule has 0 saturated heterocycles. The Bertz CT molecular complexity index is 558. The van der Waals surface area contributed by atoms with Crippen LogP contribution in [0.4, 0.5) is 4.39 Å². The van der Waals surface area contributed by atoms with Crippen LogP contribution in [0.25, 0.3) is 0 Å². The predicted octanol–water partition coefficient (Wildman–Crippen LogP) is 3.71. The molecule has 1 fully saturated rings. The predicted molar refractivity (Wildman–Crippen MR) is 77.7 cm³/mol. The van der Waals surface area contributed by atoms with Crippen molar-refractivity contribution in [2.45, 2.75) is 39.0 Å². The highest BCUT2D eigenvalue weighted by Crippen LogP contribution is 2.39. The van der Waals surface area contributed by atoms with Crippen LogP contribution in [0.15, 0.2) is 18.2 Å². The summed E-state index contributed by atoms with van der Waals surface area (Å²) in [5, 5.41) is 0.233. The van der Waals surface area contributed by atoms with E-state index in [4.69, 9.17) is 16.3 Å². The summed E-state index contributed by atoms with van der Waals surface area (Å²) in [5.41, 5.74) is -0.572. The number of rotatable bonds is 4. The number of carbonyl (C=O) groups excluding carboxylic acids is 2. The van der Waals surface area contributed by atoms with E-state index in [1.54, 1.807) is 6.92 Å². The van der Waals surface area contributed by atoms with Gasteiger partial charge >= 0.3 is 5.97 Å². The van der Waals surface area contributed by atoms with Gasteiger partial charge in [-0.05, 0) is 43.9 Å². The highest BCUT2D eigenvalue weighted by molar-refractivity contribution is 6.31. The smallest absolute Gasteiger partial charge is 0.319 e. The van der Waals surface area contributed by atoms with Gasteiger partial charge in [-0.1, -0.05) is 24.1 Å². The van der Waals surface area contributed by atoms with Gasteiger partial charge in [-0.3, -0.25) is 9.59 Å². The van der Waals surface area contributed by atoms with Crippen LogP contribution in [0.2, 0.25) is 5.02 Å². The van der Waals surface area contributed by atoms with Gasteiger partial charge in [0.2, 0.25) is 0 Å². The van der Waals surface area contributed by atoms with E-state index in [2.05, 4.69) is 0 Å². The molecule has 5 heteroatoms. The summed E-state index contributed by atoms with van der Waals surface area (Å²) in [5.74, 6) is -1.04. The largest absolute Gasteiger partial charge is 0.465 e. The first-order valence-corrected chi connectivity index (χ1v) is 7.52. The quantitative estimate of drug-likeness (QED) is 0.628. The number of hydrogen-bond donors (Lipinski definition) is 0. The normalized spacial score (nSPS) is 22.1. The third-order valence-corrected chi connectivity index (χ3v) is 4.32. The second kappa shape index (κ2) is 6.56. The molecule has 3 nitrogen and oxygen atoms in total. The average molecular weight is 313 g/mol. The van der Waals surface area contributed by atoms with Crippen LogP contribution in [0.1, 0.15) is 38.2 Å². The number of ketones is 1. The van der Waals surface area contributed by atoms with Gasteiger partial charge < -0.3 is 4.74 Å². The maximum absolute atomic E-state index is 13.1. The van der Waals surface area contributed by atoms with Crippen LogP contribution in [-0.2, 0) is 20.7 Å². The van der Waals surface area contributed by atoms with Crippen molar-refractivity contribution in [3.05, 3.63) is 34.6 Å². The number of ether oxygens (including phenoxy) is 1. The monoisotopic (exact) mass is 312 g/mol. The Labute approximate surface area is 128 Å². The second-order valence-electron chi connectivity index (χ2n) is 5.35. The van der Waals surface area contributed by atoms with E-state index in [-0.39, 0.29) is 23.8 Å². The van der Waals surface area contributed by atoms with E-state index >= 15 is 0 Å². The Balaban J connectivity index is 2.35. The number of carbonyl (C=O) groups is 2. The van der Waals surface area contributed by atoms with Gasteiger partial charge in [-0.2, -0.15) is 0 Å². The molecule has 0 aromatic heterocycles. The molecular formula is C16H18ClFO3. The van der Waals surface area contributed by atoms with Crippen molar-refractivity contribution in [2.75, 3.05) is 6.61 Å². The summed E-state index contributed by atoms with van der Waals surface area (Å²) in [6.45, 7) is 1.94. The summed E-state index contributed by atoms with van der Waals surface area (Å²) in [7, 11) is 0. The van der Waals surface area contributed by atoms with E-state index < -0.39 is 17.2 Å². The molecule has 2 rings (SSSR count). The van der Waals surface area contributed by atoms with Crippen LogP contribution in [-0.4, -0.2) is 18.4 Å². The van der Waals surface area contributed by atoms with Crippen LogP contribution in [0.5, 0.6) is 0 Å². The van der Waals surface area contributed by atoms with Gasteiger partial charge in [-0.25, -0.2) is 4.39 Å². The Hall–Kier alpha value is -1.42. The highest BCUT2D eigenvalue weighted by atomic mass is 35.5. The minimum absolute atomic E-state index is 0.104. The average Bonchev–Trinajstić information content (AvgIpc) is 2.44. The molecule has 0 radical (unpaired) electrons. The second-order valence-corrected chi connectivity index (χ2v) is 5.75. The summed E-state index contributed by atoms with van der Waals surface area (Å²) >= 11 is 6.04. The molecule has 1 aliphatic carbocycles. The highest BCUT2D eigenvalue weighted by Gasteiger charge is 2.48. The zero-order chi connectivity index (χ0) is 15.5. The van der Waals surface area contributed by atoms with Gasteiger partial charge in [0.25, 0.3) is 0 Å². The summed E-state index contributed by atoms with van der Waals surface area (Å²) in [6, 6.07) is 4.01. The third kappa shape index (κ3) is 3.26. The molecule has 1 aromatic rings. The van der Waals surface area contributed by atoms with Crippen molar-refractivity contribution in [1.82, 2.24) is 0 Å². The number of Topliss-reactive ketones (excluding diaryl/α,β-unsaturated/α-hetero) is 1. The lowest BCUT2D eigenvalue weighted by atomic mass is 9.69. The topological polar surface area (TPSA) is 43.4 Å². The maximum Gasteiger partial charge on any atom is 0.319 e. The van der Waals surface area contributed by atoms with E-state index in [0.29, 0.717) is 18.4 Å². The number of hydrogen-bond acceptors (Lipinski definition) is 3. The van der Waals surface area contributed by atoms with Crippen molar-refractivity contribution >= 4 is 23.4 Å².